The van der Waals surface area contributed by atoms with E-state index >= 15 is 0 Å². The van der Waals surface area contributed by atoms with E-state index < -0.39 is 0 Å². The summed E-state index contributed by atoms with van der Waals surface area (Å²) >= 11 is 0. The van der Waals surface area contributed by atoms with Gasteiger partial charge in [0.25, 0.3) is 0 Å². The number of fused-ring (bicyclic) bond motifs is 1. The molecule has 0 spiro atoms. The van der Waals surface area contributed by atoms with E-state index in [1.807, 2.05) is 0 Å². The van der Waals surface area contributed by atoms with E-state index in [1.54, 1.807) is 0 Å². The number of hydrogen-bond donors (Lipinski definition) is 0. The molecule has 242 valence electrons. The molecule has 0 amide bonds. The molecule has 0 aliphatic heterocycles. The molecule has 2 nitrogen and oxygen atoms in total. The van der Waals surface area contributed by atoms with Crippen molar-refractivity contribution in [3.63, 3.8) is 0 Å². The standard InChI is InChI=1S/C48H40N2/c1-35-19-27-42(28-20-35)49(40-13-5-3-6-14-40)44-31-23-37(24-32-44)46-17-9-11-39-12-10-18-47(48(39)46)38-25-33-45(34-26-38)50(41-15-7-4-8-16-41)43-29-21-36(2)22-30-43/h3,5-7,9-34H,4,8H2,1-2H3. The number of anilines is 5. The summed E-state index contributed by atoms with van der Waals surface area (Å²) < 4.78 is 0. The van der Waals surface area contributed by atoms with Gasteiger partial charge in [0.2, 0.25) is 0 Å². The molecule has 7 aromatic carbocycles. The molecular formula is C48H40N2. The van der Waals surface area contributed by atoms with Crippen LogP contribution in [0.2, 0.25) is 0 Å². The van der Waals surface area contributed by atoms with Gasteiger partial charge in [-0.1, -0.05) is 126 Å². The van der Waals surface area contributed by atoms with Crippen molar-refractivity contribution < 1.29 is 0 Å². The molecule has 0 bridgehead atoms. The highest BCUT2D eigenvalue weighted by molar-refractivity contribution is 6.06. The van der Waals surface area contributed by atoms with Gasteiger partial charge < -0.3 is 9.80 Å². The second-order valence-electron chi connectivity index (χ2n) is 13.1. The monoisotopic (exact) mass is 644 g/mol. The van der Waals surface area contributed by atoms with E-state index in [2.05, 4.69) is 206 Å². The second kappa shape index (κ2) is 13.8. The van der Waals surface area contributed by atoms with Crippen molar-refractivity contribution in [3.8, 4) is 22.3 Å². The van der Waals surface area contributed by atoms with Crippen LogP contribution < -0.4 is 9.80 Å². The third-order valence-corrected chi connectivity index (χ3v) is 9.61. The van der Waals surface area contributed by atoms with Crippen LogP contribution >= 0.6 is 0 Å². The maximum atomic E-state index is 2.37. The Kier molecular flexibility index (Phi) is 8.59. The third-order valence-electron chi connectivity index (χ3n) is 9.61. The first kappa shape index (κ1) is 31.2. The van der Waals surface area contributed by atoms with Crippen LogP contribution in [0.1, 0.15) is 24.0 Å². The van der Waals surface area contributed by atoms with E-state index in [9.17, 15) is 0 Å². The average Bonchev–Trinajstić information content (AvgIpc) is 3.18. The lowest BCUT2D eigenvalue weighted by atomic mass is 9.91. The van der Waals surface area contributed by atoms with E-state index in [0.29, 0.717) is 0 Å². The summed E-state index contributed by atoms with van der Waals surface area (Å²) in [5.74, 6) is 0. The van der Waals surface area contributed by atoms with E-state index in [1.165, 1.54) is 55.5 Å². The summed E-state index contributed by atoms with van der Waals surface area (Å²) in [4.78, 5) is 4.68. The number of rotatable bonds is 8. The molecule has 0 atom stereocenters. The molecule has 1 aliphatic rings. The van der Waals surface area contributed by atoms with Gasteiger partial charge in [-0.15, -0.1) is 0 Å². The van der Waals surface area contributed by atoms with Gasteiger partial charge in [0, 0.05) is 34.1 Å². The van der Waals surface area contributed by atoms with Crippen LogP contribution in [0.15, 0.2) is 188 Å². The average molecular weight is 645 g/mol. The number of aryl methyl sites for hydroxylation is 2. The Morgan fingerprint density at radius 2 is 0.860 bits per heavy atom. The van der Waals surface area contributed by atoms with Gasteiger partial charge in [0.05, 0.1) is 0 Å². The molecule has 0 aromatic heterocycles. The van der Waals surface area contributed by atoms with E-state index in [0.717, 1.165) is 35.6 Å². The second-order valence-corrected chi connectivity index (χ2v) is 13.1. The van der Waals surface area contributed by atoms with Crippen molar-refractivity contribution in [3.05, 3.63) is 199 Å². The molecule has 0 N–H and O–H groups in total. The first-order valence-electron chi connectivity index (χ1n) is 17.5. The minimum atomic E-state index is 1.06. The molecule has 0 unspecified atom stereocenters. The topological polar surface area (TPSA) is 6.48 Å². The Morgan fingerprint density at radius 3 is 1.34 bits per heavy atom. The molecule has 0 saturated carbocycles. The summed E-state index contributed by atoms with van der Waals surface area (Å²) in [6.07, 6.45) is 9.02. The Balaban J connectivity index is 1.17. The van der Waals surface area contributed by atoms with Crippen LogP contribution in [0.5, 0.6) is 0 Å². The number of benzene rings is 7. The summed E-state index contributed by atoms with van der Waals surface area (Å²) in [6, 6.07) is 59.5. The van der Waals surface area contributed by atoms with Crippen molar-refractivity contribution >= 4 is 39.2 Å². The van der Waals surface area contributed by atoms with Gasteiger partial charge in [-0.2, -0.15) is 0 Å². The maximum absolute atomic E-state index is 2.37. The molecule has 7 aromatic rings. The number of nitrogens with zero attached hydrogens (tertiary/aromatic N) is 2. The van der Waals surface area contributed by atoms with Crippen LogP contribution in [0.3, 0.4) is 0 Å². The maximum Gasteiger partial charge on any atom is 0.0462 e. The predicted octanol–water partition coefficient (Wildman–Crippen LogP) is 13.6. The minimum Gasteiger partial charge on any atom is -0.311 e. The van der Waals surface area contributed by atoms with Gasteiger partial charge in [-0.25, -0.2) is 0 Å². The fraction of sp³-hybridized carbons (Fsp3) is 0.0833. The van der Waals surface area contributed by atoms with Crippen molar-refractivity contribution in [2.24, 2.45) is 0 Å². The zero-order chi connectivity index (χ0) is 33.9. The number of para-hydroxylation sites is 1. The van der Waals surface area contributed by atoms with Gasteiger partial charge >= 0.3 is 0 Å². The third kappa shape index (κ3) is 6.24. The SMILES string of the molecule is Cc1ccc(N(C2=CCCC=C2)c2ccc(-c3cccc4cccc(-c5ccc(N(c6ccccc6)c6ccc(C)cc6)cc5)c34)cc2)cc1. The predicted molar refractivity (Wildman–Crippen MR) is 214 cm³/mol. The van der Waals surface area contributed by atoms with Crippen LogP contribution in [-0.2, 0) is 0 Å². The molecule has 50 heavy (non-hydrogen) atoms. The Bertz CT molecular complexity index is 2290. The van der Waals surface area contributed by atoms with Crippen molar-refractivity contribution in [2.45, 2.75) is 26.7 Å². The Labute approximate surface area is 295 Å². The lowest BCUT2D eigenvalue weighted by molar-refractivity contribution is 0.997. The summed E-state index contributed by atoms with van der Waals surface area (Å²) in [5, 5.41) is 2.50. The molecule has 0 radical (unpaired) electrons. The summed E-state index contributed by atoms with van der Waals surface area (Å²) in [6.45, 7) is 4.27. The molecule has 8 rings (SSSR count). The van der Waals surface area contributed by atoms with Gasteiger partial charge in [-0.05, 0) is 126 Å². The van der Waals surface area contributed by atoms with Gasteiger partial charge in [0.15, 0.2) is 0 Å². The highest BCUT2D eigenvalue weighted by atomic mass is 15.1. The van der Waals surface area contributed by atoms with Crippen molar-refractivity contribution in [2.75, 3.05) is 9.80 Å². The minimum absolute atomic E-state index is 1.06. The molecule has 0 heterocycles. The lowest BCUT2D eigenvalue weighted by Gasteiger charge is -2.28. The first-order valence-corrected chi connectivity index (χ1v) is 17.5. The van der Waals surface area contributed by atoms with Gasteiger partial charge in [-0.3, -0.25) is 0 Å². The quantitative estimate of drug-likeness (QED) is 0.162. The molecule has 0 saturated heterocycles. The van der Waals surface area contributed by atoms with Crippen molar-refractivity contribution in [1.29, 1.82) is 0 Å². The Hall–Kier alpha value is -6.12. The number of hydrogen-bond acceptors (Lipinski definition) is 2. The van der Waals surface area contributed by atoms with Crippen LogP contribution in [0, 0.1) is 13.8 Å². The summed E-state index contributed by atoms with van der Waals surface area (Å²) in [7, 11) is 0. The van der Waals surface area contributed by atoms with E-state index in [4.69, 9.17) is 0 Å². The first-order chi connectivity index (χ1) is 24.6. The summed E-state index contributed by atoms with van der Waals surface area (Å²) in [5.41, 5.74) is 14.3. The fourth-order valence-electron chi connectivity index (χ4n) is 7.03. The van der Waals surface area contributed by atoms with Crippen LogP contribution in [0.4, 0.5) is 28.4 Å². The normalized spacial score (nSPS) is 12.5. The molecule has 1 aliphatic carbocycles. The molecular weight excluding hydrogens is 605 g/mol. The highest BCUT2D eigenvalue weighted by Gasteiger charge is 2.17. The zero-order valence-corrected chi connectivity index (χ0v) is 28.6. The van der Waals surface area contributed by atoms with E-state index in [-0.39, 0.29) is 0 Å². The fourth-order valence-corrected chi connectivity index (χ4v) is 7.03. The molecule has 2 heteroatoms. The highest BCUT2D eigenvalue weighted by Crippen LogP contribution is 2.40. The smallest absolute Gasteiger partial charge is 0.0462 e. The van der Waals surface area contributed by atoms with Crippen LogP contribution in [0.25, 0.3) is 33.0 Å². The Morgan fingerprint density at radius 1 is 0.400 bits per heavy atom. The lowest BCUT2D eigenvalue weighted by Crippen LogP contribution is -2.16. The number of allylic oxidation sites excluding steroid dienone is 3. The zero-order valence-electron chi connectivity index (χ0n) is 28.6. The van der Waals surface area contributed by atoms with Gasteiger partial charge in [0.1, 0.15) is 0 Å². The largest absolute Gasteiger partial charge is 0.311 e. The molecule has 0 fully saturated rings. The van der Waals surface area contributed by atoms with Crippen molar-refractivity contribution in [1.82, 2.24) is 0 Å². The van der Waals surface area contributed by atoms with Crippen LogP contribution in [-0.4, -0.2) is 0 Å².